The van der Waals surface area contributed by atoms with Crippen LogP contribution in [0.4, 0.5) is 5.13 Å². The largest absolute Gasteiger partial charge is 0.355 e. The lowest BCUT2D eigenvalue weighted by Crippen LogP contribution is -2.04. The van der Waals surface area contributed by atoms with Crippen LogP contribution in [-0.2, 0) is 13.6 Å². The van der Waals surface area contributed by atoms with E-state index >= 15 is 0 Å². The zero-order valence-electron chi connectivity index (χ0n) is 10.4. The van der Waals surface area contributed by atoms with Crippen LogP contribution < -0.4 is 5.32 Å². The molecule has 0 aliphatic rings. The molecular formula is C11H14Cl2N4S. The first-order valence-electron chi connectivity index (χ1n) is 5.56. The fourth-order valence-corrected chi connectivity index (χ4v) is 2.58. The summed E-state index contributed by atoms with van der Waals surface area (Å²) in [5, 5.41) is 5.15. The molecule has 7 heteroatoms. The van der Waals surface area contributed by atoms with Gasteiger partial charge in [0, 0.05) is 30.2 Å². The molecule has 2 heterocycles. The molecule has 18 heavy (non-hydrogen) atoms. The molecule has 0 saturated carbocycles. The highest BCUT2D eigenvalue weighted by molar-refractivity contribution is 7.09. The molecule has 2 aromatic rings. The van der Waals surface area contributed by atoms with E-state index in [-0.39, 0.29) is 0 Å². The van der Waals surface area contributed by atoms with Crippen molar-refractivity contribution in [2.24, 2.45) is 7.05 Å². The molecule has 0 amide bonds. The van der Waals surface area contributed by atoms with Gasteiger partial charge in [-0.1, -0.05) is 37.0 Å². The SMILES string of the molecule is CC(C)c1nsc(NCc2cc(Cl)c(Cl)n2C)n1. The van der Waals surface area contributed by atoms with Gasteiger partial charge in [-0.05, 0) is 6.07 Å². The Morgan fingerprint density at radius 1 is 1.44 bits per heavy atom. The molecule has 4 nitrogen and oxygen atoms in total. The third-order valence-electron chi connectivity index (χ3n) is 2.59. The monoisotopic (exact) mass is 304 g/mol. The van der Waals surface area contributed by atoms with Crippen molar-refractivity contribution in [2.75, 3.05) is 5.32 Å². The molecule has 2 aromatic heterocycles. The number of hydrogen-bond donors (Lipinski definition) is 1. The lowest BCUT2D eigenvalue weighted by atomic mass is 10.2. The highest BCUT2D eigenvalue weighted by Gasteiger charge is 2.10. The van der Waals surface area contributed by atoms with Crippen LogP contribution in [0.15, 0.2) is 6.07 Å². The maximum Gasteiger partial charge on any atom is 0.202 e. The van der Waals surface area contributed by atoms with Crippen LogP contribution in [-0.4, -0.2) is 13.9 Å². The van der Waals surface area contributed by atoms with Crippen LogP contribution in [0.2, 0.25) is 10.2 Å². The summed E-state index contributed by atoms with van der Waals surface area (Å²) in [5.74, 6) is 1.21. The van der Waals surface area contributed by atoms with Gasteiger partial charge in [-0.25, -0.2) is 4.98 Å². The molecule has 0 aliphatic heterocycles. The Bertz CT molecular complexity index is 547. The Morgan fingerprint density at radius 2 is 2.17 bits per heavy atom. The van der Waals surface area contributed by atoms with Gasteiger partial charge in [0.1, 0.15) is 11.0 Å². The van der Waals surface area contributed by atoms with Crippen LogP contribution in [0.25, 0.3) is 0 Å². The highest BCUT2D eigenvalue weighted by atomic mass is 35.5. The predicted molar refractivity (Wildman–Crippen MR) is 76.8 cm³/mol. The van der Waals surface area contributed by atoms with Gasteiger partial charge in [-0.15, -0.1) is 0 Å². The molecule has 0 aromatic carbocycles. The normalized spacial score (nSPS) is 11.2. The van der Waals surface area contributed by atoms with Crippen LogP contribution in [0.1, 0.15) is 31.3 Å². The van der Waals surface area contributed by atoms with Crippen molar-refractivity contribution in [3.63, 3.8) is 0 Å². The number of hydrogen-bond acceptors (Lipinski definition) is 4. The summed E-state index contributed by atoms with van der Waals surface area (Å²) in [4.78, 5) is 4.40. The Kier molecular flexibility index (Phi) is 4.14. The topological polar surface area (TPSA) is 42.7 Å². The average Bonchev–Trinajstić information content (AvgIpc) is 2.88. The summed E-state index contributed by atoms with van der Waals surface area (Å²) >= 11 is 13.3. The molecule has 0 bridgehead atoms. The zero-order valence-corrected chi connectivity index (χ0v) is 12.7. The highest BCUT2D eigenvalue weighted by Crippen LogP contribution is 2.26. The molecule has 0 aliphatic carbocycles. The number of rotatable bonds is 4. The second-order valence-electron chi connectivity index (χ2n) is 4.30. The van der Waals surface area contributed by atoms with Crippen molar-refractivity contribution in [1.82, 2.24) is 13.9 Å². The van der Waals surface area contributed by atoms with Crippen molar-refractivity contribution >= 4 is 39.9 Å². The van der Waals surface area contributed by atoms with E-state index in [9.17, 15) is 0 Å². The summed E-state index contributed by atoms with van der Waals surface area (Å²) < 4.78 is 6.13. The zero-order chi connectivity index (χ0) is 13.3. The van der Waals surface area contributed by atoms with E-state index in [1.165, 1.54) is 11.5 Å². The molecule has 0 spiro atoms. The van der Waals surface area contributed by atoms with Crippen LogP contribution in [0.5, 0.6) is 0 Å². The van der Waals surface area contributed by atoms with Crippen LogP contribution in [0, 0.1) is 0 Å². The van der Waals surface area contributed by atoms with Crippen molar-refractivity contribution in [3.05, 3.63) is 27.8 Å². The minimum absolute atomic E-state index is 0.343. The second kappa shape index (κ2) is 5.47. The first-order valence-corrected chi connectivity index (χ1v) is 7.09. The molecule has 1 N–H and O–H groups in total. The van der Waals surface area contributed by atoms with Crippen LogP contribution >= 0.6 is 34.7 Å². The molecular weight excluding hydrogens is 291 g/mol. The fourth-order valence-electron chi connectivity index (χ4n) is 1.47. The van der Waals surface area contributed by atoms with Crippen LogP contribution in [0.3, 0.4) is 0 Å². The van der Waals surface area contributed by atoms with Gasteiger partial charge < -0.3 is 9.88 Å². The van der Waals surface area contributed by atoms with E-state index in [1.807, 2.05) is 17.7 Å². The van der Waals surface area contributed by atoms with E-state index in [0.717, 1.165) is 16.6 Å². The minimum Gasteiger partial charge on any atom is -0.355 e. The third-order valence-corrected chi connectivity index (χ3v) is 4.12. The second-order valence-corrected chi connectivity index (χ2v) is 5.82. The van der Waals surface area contributed by atoms with Gasteiger partial charge in [0.05, 0.1) is 11.6 Å². The van der Waals surface area contributed by atoms with E-state index in [0.29, 0.717) is 22.6 Å². The Balaban J connectivity index is 2.04. The summed E-state index contributed by atoms with van der Waals surface area (Å²) in [5.41, 5.74) is 1.01. The predicted octanol–water partition coefficient (Wildman–Crippen LogP) is 3.92. The molecule has 98 valence electrons. The van der Waals surface area contributed by atoms with Crippen molar-refractivity contribution in [2.45, 2.75) is 26.3 Å². The molecule has 0 unspecified atom stereocenters. The van der Waals surface area contributed by atoms with E-state index in [1.54, 1.807) is 0 Å². The van der Waals surface area contributed by atoms with Crippen molar-refractivity contribution in [3.8, 4) is 0 Å². The summed E-state index contributed by atoms with van der Waals surface area (Å²) in [7, 11) is 1.88. The van der Waals surface area contributed by atoms with Crippen molar-refractivity contribution in [1.29, 1.82) is 0 Å². The molecule has 0 fully saturated rings. The van der Waals surface area contributed by atoms with Crippen molar-refractivity contribution < 1.29 is 0 Å². The average molecular weight is 305 g/mol. The smallest absolute Gasteiger partial charge is 0.202 e. The molecule has 0 radical (unpaired) electrons. The Morgan fingerprint density at radius 3 is 2.67 bits per heavy atom. The van der Waals surface area contributed by atoms with Gasteiger partial charge in [0.25, 0.3) is 0 Å². The maximum absolute atomic E-state index is 6.00. The summed E-state index contributed by atoms with van der Waals surface area (Å²) in [6.07, 6.45) is 0. The lowest BCUT2D eigenvalue weighted by Gasteiger charge is -2.04. The van der Waals surface area contributed by atoms with Gasteiger partial charge >= 0.3 is 0 Å². The number of nitrogens with one attached hydrogen (secondary N) is 1. The number of nitrogens with zero attached hydrogens (tertiary/aromatic N) is 3. The number of anilines is 1. The first-order chi connectivity index (χ1) is 8.49. The van der Waals surface area contributed by atoms with E-state index in [4.69, 9.17) is 23.2 Å². The fraction of sp³-hybridized carbons (Fsp3) is 0.455. The molecule has 2 rings (SSSR count). The van der Waals surface area contributed by atoms with Gasteiger partial charge in [0.2, 0.25) is 5.13 Å². The third kappa shape index (κ3) is 2.79. The van der Waals surface area contributed by atoms with E-state index < -0.39 is 0 Å². The summed E-state index contributed by atoms with van der Waals surface area (Å²) in [6, 6.07) is 1.85. The van der Waals surface area contributed by atoms with Gasteiger partial charge in [0.15, 0.2) is 0 Å². The Hall–Kier alpha value is -0.780. The lowest BCUT2D eigenvalue weighted by molar-refractivity contribution is 0.797. The first kappa shape index (κ1) is 13.6. The standard InChI is InChI=1S/C11H14Cl2N4S/c1-6(2)10-15-11(18-16-10)14-5-7-4-8(12)9(13)17(7)3/h4,6H,5H2,1-3H3,(H,14,15,16). The quantitative estimate of drug-likeness (QED) is 0.931. The Labute approximate surface area is 120 Å². The number of halogens is 2. The van der Waals surface area contributed by atoms with E-state index in [2.05, 4.69) is 28.5 Å². The molecule has 0 atom stereocenters. The minimum atomic E-state index is 0.343. The van der Waals surface area contributed by atoms with Gasteiger partial charge in [-0.2, -0.15) is 4.37 Å². The van der Waals surface area contributed by atoms with Gasteiger partial charge in [-0.3, -0.25) is 0 Å². The summed E-state index contributed by atoms with van der Waals surface area (Å²) in [6.45, 7) is 4.76. The number of aromatic nitrogens is 3. The molecule has 0 saturated heterocycles. The maximum atomic E-state index is 6.00.